The van der Waals surface area contributed by atoms with Crippen molar-refractivity contribution >= 4 is 0 Å². The van der Waals surface area contributed by atoms with E-state index in [9.17, 15) is 5.11 Å². The molecule has 2 aromatic rings. The second-order valence-electron chi connectivity index (χ2n) is 6.78. The number of ether oxygens (including phenoxy) is 4. The van der Waals surface area contributed by atoms with Crippen LogP contribution in [-0.2, 0) is 32.2 Å². The molecule has 0 spiro atoms. The van der Waals surface area contributed by atoms with Crippen molar-refractivity contribution in [2.24, 2.45) is 0 Å². The van der Waals surface area contributed by atoms with Crippen LogP contribution in [0.25, 0.3) is 0 Å². The van der Waals surface area contributed by atoms with E-state index in [1.807, 2.05) is 60.7 Å². The van der Waals surface area contributed by atoms with E-state index in [-0.39, 0.29) is 18.8 Å². The second-order valence-corrected chi connectivity index (χ2v) is 6.78. The van der Waals surface area contributed by atoms with Crippen LogP contribution in [0.4, 0.5) is 0 Å². The van der Waals surface area contributed by atoms with Crippen molar-refractivity contribution in [2.75, 3.05) is 20.3 Å². The van der Waals surface area contributed by atoms with Crippen LogP contribution >= 0.6 is 0 Å². The van der Waals surface area contributed by atoms with Crippen LogP contribution in [0.5, 0.6) is 0 Å². The van der Waals surface area contributed by atoms with E-state index >= 15 is 0 Å². The number of aliphatic hydroxyl groups is 1. The molecule has 1 N–H and O–H groups in total. The summed E-state index contributed by atoms with van der Waals surface area (Å²) >= 11 is 0. The standard InChI is InChI=1S/C22H28O5/c1-24-22(12-13-23)14-20(26-16-19-10-6-3-7-11-19)21(27-22)17-25-15-18-8-4-2-5-9-18/h2-11,20-21,23H,12-17H2,1H3/t20-,21+,22+/m0/s1. The van der Waals surface area contributed by atoms with Gasteiger partial charge in [0, 0.05) is 26.6 Å². The largest absolute Gasteiger partial charge is 0.396 e. The number of aliphatic hydroxyl groups excluding tert-OH is 1. The smallest absolute Gasteiger partial charge is 0.173 e. The first-order chi connectivity index (χ1) is 13.2. The Hall–Kier alpha value is -1.76. The maximum atomic E-state index is 9.40. The van der Waals surface area contributed by atoms with Gasteiger partial charge in [-0.3, -0.25) is 0 Å². The van der Waals surface area contributed by atoms with E-state index in [0.717, 1.165) is 11.1 Å². The number of hydrogen-bond donors (Lipinski definition) is 1. The zero-order valence-electron chi connectivity index (χ0n) is 15.8. The monoisotopic (exact) mass is 372 g/mol. The van der Waals surface area contributed by atoms with Gasteiger partial charge < -0.3 is 24.1 Å². The molecule has 0 amide bonds. The normalized spacial score (nSPS) is 25.0. The lowest BCUT2D eigenvalue weighted by Gasteiger charge is -2.26. The van der Waals surface area contributed by atoms with E-state index in [4.69, 9.17) is 18.9 Å². The van der Waals surface area contributed by atoms with Gasteiger partial charge in [-0.25, -0.2) is 0 Å². The maximum Gasteiger partial charge on any atom is 0.173 e. The molecule has 3 rings (SSSR count). The van der Waals surface area contributed by atoms with Crippen LogP contribution in [0.15, 0.2) is 60.7 Å². The molecule has 5 nitrogen and oxygen atoms in total. The molecular weight excluding hydrogens is 344 g/mol. The van der Waals surface area contributed by atoms with Crippen LogP contribution in [0, 0.1) is 0 Å². The van der Waals surface area contributed by atoms with Gasteiger partial charge in [-0.1, -0.05) is 60.7 Å². The predicted octanol–water partition coefficient (Wildman–Crippen LogP) is 3.30. The quantitative estimate of drug-likeness (QED) is 0.693. The zero-order valence-corrected chi connectivity index (χ0v) is 15.8. The van der Waals surface area contributed by atoms with Crippen LogP contribution in [-0.4, -0.2) is 43.4 Å². The van der Waals surface area contributed by atoms with Crippen molar-refractivity contribution in [3.8, 4) is 0 Å². The maximum absolute atomic E-state index is 9.40. The molecule has 0 unspecified atom stereocenters. The average Bonchev–Trinajstić information content (AvgIpc) is 3.06. The number of rotatable bonds is 10. The highest BCUT2D eigenvalue weighted by molar-refractivity contribution is 5.14. The third kappa shape index (κ3) is 5.61. The minimum atomic E-state index is -0.823. The molecule has 0 saturated carbocycles. The molecule has 0 aliphatic carbocycles. The van der Waals surface area contributed by atoms with Crippen molar-refractivity contribution in [1.82, 2.24) is 0 Å². The van der Waals surface area contributed by atoms with E-state index in [2.05, 4.69) is 0 Å². The first-order valence-electron chi connectivity index (χ1n) is 9.36. The fourth-order valence-electron chi connectivity index (χ4n) is 3.35. The SMILES string of the molecule is CO[C@@]1(CCO)C[C@H](OCc2ccccc2)[C@@H](COCc2ccccc2)O1. The van der Waals surface area contributed by atoms with Gasteiger partial charge in [0.25, 0.3) is 0 Å². The Kier molecular flexibility index (Phi) is 7.38. The van der Waals surface area contributed by atoms with Crippen molar-refractivity contribution in [3.05, 3.63) is 71.8 Å². The van der Waals surface area contributed by atoms with E-state index in [0.29, 0.717) is 32.7 Å². The van der Waals surface area contributed by atoms with Crippen molar-refractivity contribution < 1.29 is 24.1 Å². The fraction of sp³-hybridized carbons (Fsp3) is 0.455. The summed E-state index contributed by atoms with van der Waals surface area (Å²) in [4.78, 5) is 0. The van der Waals surface area contributed by atoms with Crippen molar-refractivity contribution in [2.45, 2.75) is 44.1 Å². The summed E-state index contributed by atoms with van der Waals surface area (Å²) in [5.41, 5.74) is 2.23. The Balaban J connectivity index is 1.59. The fourth-order valence-corrected chi connectivity index (χ4v) is 3.35. The molecule has 146 valence electrons. The second kappa shape index (κ2) is 9.97. The summed E-state index contributed by atoms with van der Waals surface area (Å²) in [5.74, 6) is -0.823. The molecule has 3 atom stereocenters. The molecule has 0 aromatic heterocycles. The number of benzene rings is 2. The molecule has 0 bridgehead atoms. The third-order valence-electron chi connectivity index (χ3n) is 4.86. The van der Waals surface area contributed by atoms with Gasteiger partial charge >= 0.3 is 0 Å². The molecule has 1 aliphatic heterocycles. The van der Waals surface area contributed by atoms with Crippen LogP contribution in [0.3, 0.4) is 0 Å². The molecule has 0 radical (unpaired) electrons. The minimum absolute atomic E-state index is 0.00314. The van der Waals surface area contributed by atoms with Crippen molar-refractivity contribution in [3.63, 3.8) is 0 Å². The Morgan fingerprint density at radius 3 is 2.22 bits per heavy atom. The van der Waals surface area contributed by atoms with Crippen LogP contribution in [0.1, 0.15) is 24.0 Å². The topological polar surface area (TPSA) is 57.2 Å². The highest BCUT2D eigenvalue weighted by atomic mass is 16.7. The molecule has 2 aromatic carbocycles. The lowest BCUT2D eigenvalue weighted by atomic mass is 10.1. The first kappa shape index (κ1) is 20.0. The summed E-state index contributed by atoms with van der Waals surface area (Å²) in [6, 6.07) is 20.1. The molecule has 1 heterocycles. The Morgan fingerprint density at radius 2 is 1.63 bits per heavy atom. The molecular formula is C22H28O5. The van der Waals surface area contributed by atoms with Crippen LogP contribution in [0.2, 0.25) is 0 Å². The molecule has 5 heteroatoms. The van der Waals surface area contributed by atoms with Gasteiger partial charge in [0.1, 0.15) is 6.10 Å². The van der Waals surface area contributed by atoms with E-state index < -0.39 is 5.79 Å². The summed E-state index contributed by atoms with van der Waals surface area (Å²) in [7, 11) is 1.61. The molecule has 1 saturated heterocycles. The highest BCUT2D eigenvalue weighted by Crippen LogP contribution is 2.36. The van der Waals surface area contributed by atoms with Gasteiger partial charge in [-0.05, 0) is 11.1 Å². The van der Waals surface area contributed by atoms with Gasteiger partial charge in [0.05, 0.1) is 25.9 Å². The molecule has 1 aliphatic rings. The summed E-state index contributed by atoms with van der Waals surface area (Å²) < 4.78 is 23.8. The minimum Gasteiger partial charge on any atom is -0.396 e. The Bertz CT molecular complexity index is 663. The summed E-state index contributed by atoms with van der Waals surface area (Å²) in [6.45, 7) is 1.43. The Labute approximate surface area is 160 Å². The van der Waals surface area contributed by atoms with Gasteiger partial charge in [-0.2, -0.15) is 0 Å². The summed E-state index contributed by atoms with van der Waals surface area (Å²) in [6.07, 6.45) is 0.566. The van der Waals surface area contributed by atoms with Gasteiger partial charge in [0.2, 0.25) is 0 Å². The first-order valence-corrected chi connectivity index (χ1v) is 9.36. The number of methoxy groups -OCH3 is 1. The zero-order chi connectivity index (χ0) is 19.0. The van der Waals surface area contributed by atoms with E-state index in [1.165, 1.54) is 0 Å². The molecule has 1 fully saturated rings. The average molecular weight is 372 g/mol. The number of hydrogen-bond acceptors (Lipinski definition) is 5. The van der Waals surface area contributed by atoms with Crippen LogP contribution < -0.4 is 0 Å². The summed E-state index contributed by atoms with van der Waals surface area (Å²) in [5, 5.41) is 9.40. The van der Waals surface area contributed by atoms with Crippen molar-refractivity contribution in [1.29, 1.82) is 0 Å². The van der Waals surface area contributed by atoms with E-state index in [1.54, 1.807) is 7.11 Å². The highest BCUT2D eigenvalue weighted by Gasteiger charge is 2.47. The molecule has 27 heavy (non-hydrogen) atoms. The third-order valence-corrected chi connectivity index (χ3v) is 4.86. The van der Waals surface area contributed by atoms with Gasteiger partial charge in [-0.15, -0.1) is 0 Å². The lowest BCUT2D eigenvalue weighted by Crippen LogP contribution is -2.33. The van der Waals surface area contributed by atoms with Gasteiger partial charge in [0.15, 0.2) is 5.79 Å². The Morgan fingerprint density at radius 1 is 1.00 bits per heavy atom. The lowest BCUT2D eigenvalue weighted by molar-refractivity contribution is -0.226. The predicted molar refractivity (Wildman–Crippen MR) is 102 cm³/mol.